The quantitative estimate of drug-likeness (QED) is 0.535. The van der Waals surface area contributed by atoms with Gasteiger partial charge in [-0.2, -0.15) is 5.26 Å². The van der Waals surface area contributed by atoms with Crippen molar-refractivity contribution in [2.75, 3.05) is 31.1 Å². The van der Waals surface area contributed by atoms with Gasteiger partial charge in [0.25, 0.3) is 5.56 Å². The van der Waals surface area contributed by atoms with Crippen LogP contribution in [-0.2, 0) is 0 Å². The fourth-order valence-corrected chi connectivity index (χ4v) is 4.57. The molecule has 1 aliphatic rings. The van der Waals surface area contributed by atoms with E-state index < -0.39 is 11.7 Å². The zero-order chi connectivity index (χ0) is 24.7. The van der Waals surface area contributed by atoms with Gasteiger partial charge in [0.05, 0.1) is 22.1 Å². The van der Waals surface area contributed by atoms with Gasteiger partial charge in [0, 0.05) is 37.8 Å². The van der Waals surface area contributed by atoms with Crippen molar-refractivity contribution < 1.29 is 9.90 Å². The van der Waals surface area contributed by atoms with Gasteiger partial charge in [-0.3, -0.25) is 14.3 Å². The van der Waals surface area contributed by atoms with Gasteiger partial charge in [-0.05, 0) is 30.5 Å². The molecule has 0 aliphatic carbocycles. The van der Waals surface area contributed by atoms with Crippen molar-refractivity contribution in [3.63, 3.8) is 0 Å². The van der Waals surface area contributed by atoms with Crippen molar-refractivity contribution in [2.45, 2.75) is 26.7 Å². The monoisotopic (exact) mass is 500 g/mol. The van der Waals surface area contributed by atoms with Gasteiger partial charge in [0.2, 0.25) is 0 Å². The molecule has 4 heterocycles. The van der Waals surface area contributed by atoms with Crippen LogP contribution in [0.3, 0.4) is 0 Å². The SMILES string of the molecule is Cc1ccnc(C(C)C)c1-n1c(=O)c(C#N)c(N2CCN(C(=O)O)CC2)c2cc(Cl)c(Cl)nc21. The third-order valence-corrected chi connectivity index (χ3v) is 6.61. The summed E-state index contributed by atoms with van der Waals surface area (Å²) in [7, 11) is 0. The Bertz CT molecular complexity index is 1400. The number of anilines is 1. The molecule has 4 rings (SSSR count). The molecule has 3 aromatic heterocycles. The van der Waals surface area contributed by atoms with E-state index in [0.717, 1.165) is 5.56 Å². The third kappa shape index (κ3) is 3.93. The summed E-state index contributed by atoms with van der Waals surface area (Å²) in [5.41, 5.74) is 2.04. The molecule has 0 aromatic carbocycles. The van der Waals surface area contributed by atoms with Gasteiger partial charge < -0.3 is 14.9 Å². The summed E-state index contributed by atoms with van der Waals surface area (Å²) in [6.07, 6.45) is 0.672. The Morgan fingerprint density at radius 2 is 1.88 bits per heavy atom. The summed E-state index contributed by atoms with van der Waals surface area (Å²) in [6, 6.07) is 5.46. The minimum Gasteiger partial charge on any atom is -0.465 e. The zero-order valence-corrected chi connectivity index (χ0v) is 20.4. The van der Waals surface area contributed by atoms with Gasteiger partial charge in [0.15, 0.2) is 5.65 Å². The van der Waals surface area contributed by atoms with Crippen LogP contribution in [0.4, 0.5) is 10.5 Å². The lowest BCUT2D eigenvalue weighted by Gasteiger charge is -2.35. The predicted molar refractivity (Wildman–Crippen MR) is 131 cm³/mol. The van der Waals surface area contributed by atoms with Crippen LogP contribution in [0.15, 0.2) is 23.1 Å². The van der Waals surface area contributed by atoms with Gasteiger partial charge in [0.1, 0.15) is 16.8 Å². The van der Waals surface area contributed by atoms with Crippen LogP contribution < -0.4 is 10.5 Å². The summed E-state index contributed by atoms with van der Waals surface area (Å²) in [4.78, 5) is 37.3. The van der Waals surface area contributed by atoms with E-state index in [2.05, 4.69) is 16.0 Å². The van der Waals surface area contributed by atoms with E-state index in [4.69, 9.17) is 23.2 Å². The van der Waals surface area contributed by atoms with Crippen LogP contribution in [0.1, 0.15) is 36.6 Å². The fourth-order valence-electron chi connectivity index (χ4n) is 4.29. The van der Waals surface area contributed by atoms with Crippen molar-refractivity contribution in [2.24, 2.45) is 0 Å². The molecule has 1 fully saturated rings. The maximum Gasteiger partial charge on any atom is 0.407 e. The Balaban J connectivity index is 2.08. The predicted octanol–water partition coefficient (Wildman–Crippen LogP) is 4.19. The maximum absolute atomic E-state index is 13.8. The molecule has 34 heavy (non-hydrogen) atoms. The average molecular weight is 501 g/mol. The summed E-state index contributed by atoms with van der Waals surface area (Å²) in [5, 5.41) is 20.1. The average Bonchev–Trinajstić information content (AvgIpc) is 2.80. The number of piperazine rings is 1. The number of carboxylic acid groups (broad SMARTS) is 1. The van der Waals surface area contributed by atoms with Gasteiger partial charge in [-0.25, -0.2) is 9.78 Å². The number of amides is 1. The molecule has 176 valence electrons. The Hall–Kier alpha value is -3.35. The van der Waals surface area contributed by atoms with Gasteiger partial charge in [-0.1, -0.05) is 37.0 Å². The van der Waals surface area contributed by atoms with Crippen molar-refractivity contribution in [1.82, 2.24) is 19.4 Å². The standard InChI is InChI=1S/C23H22Cl2N6O3/c1-12(2)17-18(13(3)4-5-27-17)31-21-14(10-16(24)20(25)28-21)19(15(11-26)22(31)32)29-6-8-30(9-7-29)23(33)34/h4-5,10,12H,6-9H2,1-3H3,(H,33,34). The zero-order valence-electron chi connectivity index (χ0n) is 18.8. The van der Waals surface area contributed by atoms with Gasteiger partial charge >= 0.3 is 6.09 Å². The highest BCUT2D eigenvalue weighted by atomic mass is 35.5. The van der Waals surface area contributed by atoms with Crippen LogP contribution in [-0.4, -0.2) is 56.8 Å². The molecule has 3 aromatic rings. The highest BCUT2D eigenvalue weighted by Gasteiger charge is 2.29. The minimum atomic E-state index is -1.01. The molecule has 0 bridgehead atoms. The van der Waals surface area contributed by atoms with Crippen molar-refractivity contribution in [1.29, 1.82) is 5.26 Å². The first-order valence-corrected chi connectivity index (χ1v) is 11.4. The normalized spacial score (nSPS) is 14.0. The molecule has 1 saturated heterocycles. The third-order valence-electron chi connectivity index (χ3n) is 5.94. The van der Waals surface area contributed by atoms with Crippen LogP contribution in [0.25, 0.3) is 16.7 Å². The molecule has 11 heteroatoms. The summed E-state index contributed by atoms with van der Waals surface area (Å²) in [5.74, 6) is -0.00562. The highest BCUT2D eigenvalue weighted by Crippen LogP contribution is 2.35. The van der Waals surface area contributed by atoms with Crippen LogP contribution in [0, 0.1) is 18.3 Å². The lowest BCUT2D eigenvalue weighted by molar-refractivity contribution is 0.142. The van der Waals surface area contributed by atoms with Crippen molar-refractivity contribution in [3.8, 4) is 11.8 Å². The molecule has 0 radical (unpaired) electrons. The first-order valence-electron chi connectivity index (χ1n) is 10.7. The molecule has 0 unspecified atom stereocenters. The number of aromatic nitrogens is 3. The number of fused-ring (bicyclic) bond motifs is 1. The van der Waals surface area contributed by atoms with Crippen LogP contribution >= 0.6 is 23.2 Å². The Kier molecular flexibility index (Phi) is 6.39. The van der Waals surface area contributed by atoms with E-state index in [0.29, 0.717) is 35.5 Å². The Morgan fingerprint density at radius 1 is 1.21 bits per heavy atom. The number of carbonyl (C=O) groups is 1. The number of pyridine rings is 3. The first-order chi connectivity index (χ1) is 16.1. The largest absolute Gasteiger partial charge is 0.465 e. The summed E-state index contributed by atoms with van der Waals surface area (Å²) >= 11 is 12.6. The Morgan fingerprint density at radius 3 is 2.47 bits per heavy atom. The second kappa shape index (κ2) is 9.12. The molecule has 0 atom stereocenters. The maximum atomic E-state index is 13.8. The van der Waals surface area contributed by atoms with Crippen molar-refractivity contribution >= 4 is 46.0 Å². The number of hydrogen-bond donors (Lipinski definition) is 1. The van der Waals surface area contributed by atoms with Crippen LogP contribution in [0.5, 0.6) is 0 Å². The number of hydrogen-bond acceptors (Lipinski definition) is 6. The number of rotatable bonds is 3. The topological polar surface area (TPSA) is 115 Å². The fraction of sp³-hybridized carbons (Fsp3) is 0.348. The van der Waals surface area contributed by atoms with Crippen molar-refractivity contribution in [3.05, 3.63) is 55.7 Å². The first kappa shape index (κ1) is 23.8. The van der Waals surface area contributed by atoms with E-state index in [1.807, 2.05) is 25.7 Å². The lowest BCUT2D eigenvalue weighted by Crippen LogP contribution is -2.49. The lowest BCUT2D eigenvalue weighted by atomic mass is 10.0. The number of aryl methyl sites for hydroxylation is 1. The Labute approximate surface area is 205 Å². The second-order valence-corrected chi connectivity index (χ2v) is 9.15. The molecule has 1 aliphatic heterocycles. The van der Waals surface area contributed by atoms with E-state index in [-0.39, 0.29) is 40.4 Å². The van der Waals surface area contributed by atoms with E-state index in [1.165, 1.54) is 9.47 Å². The number of nitriles is 1. The molecular formula is C23H22Cl2N6O3. The van der Waals surface area contributed by atoms with Crippen LogP contribution in [0.2, 0.25) is 10.2 Å². The summed E-state index contributed by atoms with van der Waals surface area (Å²) < 4.78 is 1.39. The number of nitrogens with zero attached hydrogens (tertiary/aromatic N) is 6. The second-order valence-electron chi connectivity index (χ2n) is 8.38. The number of halogens is 2. The van der Waals surface area contributed by atoms with Gasteiger partial charge in [-0.15, -0.1) is 0 Å². The molecular weight excluding hydrogens is 479 g/mol. The molecule has 1 amide bonds. The van der Waals surface area contributed by atoms with E-state index in [1.54, 1.807) is 18.3 Å². The minimum absolute atomic E-state index is 0.00562. The molecule has 9 nitrogen and oxygen atoms in total. The smallest absolute Gasteiger partial charge is 0.407 e. The molecule has 0 saturated carbocycles. The van der Waals surface area contributed by atoms with E-state index in [9.17, 15) is 20.0 Å². The highest BCUT2D eigenvalue weighted by molar-refractivity contribution is 6.41. The summed E-state index contributed by atoms with van der Waals surface area (Å²) in [6.45, 7) is 6.89. The molecule has 1 N–H and O–H groups in total. The van der Waals surface area contributed by atoms with E-state index >= 15 is 0 Å². The molecule has 0 spiro atoms.